The van der Waals surface area contributed by atoms with E-state index in [1.807, 2.05) is 24.3 Å². The number of thiocarbonyl (C=S) groups is 1. The lowest BCUT2D eigenvalue weighted by Crippen LogP contribution is -2.33. The van der Waals surface area contributed by atoms with Crippen LogP contribution in [0.4, 0.5) is 5.69 Å². The monoisotopic (exact) mass is 282 g/mol. The third-order valence-electron chi connectivity index (χ3n) is 3.40. The number of rotatable bonds is 3. The van der Waals surface area contributed by atoms with Gasteiger partial charge in [-0.2, -0.15) is 0 Å². The average molecular weight is 283 g/mol. The maximum absolute atomic E-state index is 6.07. The van der Waals surface area contributed by atoms with Crippen molar-refractivity contribution in [3.63, 3.8) is 0 Å². The fourth-order valence-corrected chi connectivity index (χ4v) is 2.73. The van der Waals surface area contributed by atoms with Crippen LogP contribution in [0.5, 0.6) is 0 Å². The van der Waals surface area contributed by atoms with Gasteiger partial charge in [0.05, 0.1) is 10.7 Å². The Kier molecular flexibility index (Phi) is 5.26. The molecule has 1 saturated carbocycles. The molecule has 0 spiro atoms. The number of para-hydroxylation sites is 1. The van der Waals surface area contributed by atoms with Crippen molar-refractivity contribution >= 4 is 34.6 Å². The topological polar surface area (TPSA) is 24.1 Å². The van der Waals surface area contributed by atoms with Crippen molar-refractivity contribution in [2.75, 3.05) is 11.9 Å². The van der Waals surface area contributed by atoms with Crippen LogP contribution < -0.4 is 10.6 Å². The van der Waals surface area contributed by atoms with Crippen LogP contribution in [0.15, 0.2) is 24.3 Å². The number of halogens is 1. The highest BCUT2D eigenvalue weighted by Crippen LogP contribution is 2.23. The van der Waals surface area contributed by atoms with Crippen molar-refractivity contribution in [1.82, 2.24) is 5.32 Å². The summed E-state index contributed by atoms with van der Waals surface area (Å²) in [4.78, 5) is 0. The van der Waals surface area contributed by atoms with Crippen molar-refractivity contribution in [3.05, 3.63) is 29.3 Å². The lowest BCUT2D eigenvalue weighted by Gasteiger charge is -2.22. The third kappa shape index (κ3) is 4.14. The molecule has 0 saturated heterocycles. The Labute approximate surface area is 119 Å². The molecule has 1 aliphatic rings. The molecule has 2 nitrogen and oxygen atoms in total. The van der Waals surface area contributed by atoms with Gasteiger partial charge in [-0.05, 0) is 43.1 Å². The maximum atomic E-state index is 6.07. The van der Waals surface area contributed by atoms with Gasteiger partial charge in [0.15, 0.2) is 5.11 Å². The predicted octanol–water partition coefficient (Wildman–Crippen LogP) is 4.21. The number of nitrogens with one attached hydrogen (secondary N) is 2. The van der Waals surface area contributed by atoms with Crippen LogP contribution >= 0.6 is 23.8 Å². The second-order valence-electron chi connectivity index (χ2n) is 4.82. The van der Waals surface area contributed by atoms with Crippen molar-refractivity contribution < 1.29 is 0 Å². The molecule has 0 amide bonds. The molecule has 0 heterocycles. The van der Waals surface area contributed by atoms with E-state index in [2.05, 4.69) is 10.6 Å². The molecule has 0 bridgehead atoms. The van der Waals surface area contributed by atoms with Crippen LogP contribution in [-0.4, -0.2) is 11.7 Å². The van der Waals surface area contributed by atoms with Crippen LogP contribution in [0, 0.1) is 5.92 Å². The summed E-state index contributed by atoms with van der Waals surface area (Å²) in [5.41, 5.74) is 0.861. The van der Waals surface area contributed by atoms with Crippen molar-refractivity contribution in [1.29, 1.82) is 0 Å². The van der Waals surface area contributed by atoms with Gasteiger partial charge < -0.3 is 10.6 Å². The summed E-state index contributed by atoms with van der Waals surface area (Å²) in [5, 5.41) is 7.78. The maximum Gasteiger partial charge on any atom is 0.170 e. The SMILES string of the molecule is S=C(NCC1CCCCC1)Nc1ccccc1Cl. The van der Waals surface area contributed by atoms with Crippen LogP contribution in [0.25, 0.3) is 0 Å². The van der Waals surface area contributed by atoms with Gasteiger partial charge >= 0.3 is 0 Å². The highest BCUT2D eigenvalue weighted by atomic mass is 35.5. The first-order chi connectivity index (χ1) is 8.75. The smallest absolute Gasteiger partial charge is 0.170 e. The van der Waals surface area contributed by atoms with E-state index in [4.69, 9.17) is 23.8 Å². The van der Waals surface area contributed by atoms with E-state index in [1.165, 1.54) is 32.1 Å². The molecule has 18 heavy (non-hydrogen) atoms. The predicted molar refractivity (Wildman–Crippen MR) is 82.3 cm³/mol. The van der Waals surface area contributed by atoms with Gasteiger partial charge in [0.2, 0.25) is 0 Å². The summed E-state index contributed by atoms with van der Waals surface area (Å²) in [6.07, 6.45) is 6.75. The second-order valence-corrected chi connectivity index (χ2v) is 5.63. The first kappa shape index (κ1) is 13.6. The molecule has 0 aliphatic heterocycles. The molecule has 2 rings (SSSR count). The minimum absolute atomic E-state index is 0.661. The highest BCUT2D eigenvalue weighted by molar-refractivity contribution is 7.80. The van der Waals surface area contributed by atoms with E-state index in [1.54, 1.807) is 0 Å². The molecular formula is C14H19ClN2S. The average Bonchev–Trinajstić information content (AvgIpc) is 2.40. The normalized spacial score (nSPS) is 16.3. The Morgan fingerprint density at radius 1 is 1.22 bits per heavy atom. The van der Waals surface area contributed by atoms with Gasteiger partial charge in [-0.25, -0.2) is 0 Å². The molecule has 0 radical (unpaired) electrons. The van der Waals surface area contributed by atoms with E-state index in [9.17, 15) is 0 Å². The summed E-state index contributed by atoms with van der Waals surface area (Å²) >= 11 is 11.4. The van der Waals surface area contributed by atoms with Crippen molar-refractivity contribution in [2.45, 2.75) is 32.1 Å². The zero-order valence-corrected chi connectivity index (χ0v) is 12.0. The minimum Gasteiger partial charge on any atom is -0.362 e. The highest BCUT2D eigenvalue weighted by Gasteiger charge is 2.13. The second kappa shape index (κ2) is 6.95. The molecule has 98 valence electrons. The molecule has 0 unspecified atom stereocenters. The van der Waals surface area contributed by atoms with E-state index >= 15 is 0 Å². The molecule has 1 fully saturated rings. The molecule has 4 heteroatoms. The summed E-state index contributed by atoms with van der Waals surface area (Å²) in [5.74, 6) is 0.768. The summed E-state index contributed by atoms with van der Waals surface area (Å²) in [6, 6.07) is 7.63. The fourth-order valence-electron chi connectivity index (χ4n) is 2.36. The van der Waals surface area contributed by atoms with Gasteiger partial charge in [-0.15, -0.1) is 0 Å². The van der Waals surface area contributed by atoms with Gasteiger partial charge in [0.25, 0.3) is 0 Å². The Hall–Kier alpha value is -0.800. The number of hydrogen-bond donors (Lipinski definition) is 2. The van der Waals surface area contributed by atoms with Crippen molar-refractivity contribution in [2.24, 2.45) is 5.92 Å². The third-order valence-corrected chi connectivity index (χ3v) is 3.97. The van der Waals surface area contributed by atoms with Crippen LogP contribution in [0.2, 0.25) is 5.02 Å². The number of hydrogen-bond acceptors (Lipinski definition) is 1. The van der Waals surface area contributed by atoms with Gasteiger partial charge in [0, 0.05) is 6.54 Å². The van der Waals surface area contributed by atoms with Gasteiger partial charge in [-0.3, -0.25) is 0 Å². The molecule has 2 N–H and O–H groups in total. The largest absolute Gasteiger partial charge is 0.362 e. The Bertz CT molecular complexity index is 403. The van der Waals surface area contributed by atoms with E-state index in [0.29, 0.717) is 10.1 Å². The minimum atomic E-state index is 0.661. The molecule has 1 aliphatic carbocycles. The van der Waals surface area contributed by atoms with E-state index in [0.717, 1.165) is 18.2 Å². The zero-order chi connectivity index (χ0) is 12.8. The Morgan fingerprint density at radius 3 is 2.67 bits per heavy atom. The summed E-state index contributed by atoms with van der Waals surface area (Å²) in [7, 11) is 0. The van der Waals surface area contributed by atoms with E-state index < -0.39 is 0 Å². The summed E-state index contributed by atoms with van der Waals surface area (Å²) < 4.78 is 0. The van der Waals surface area contributed by atoms with Gasteiger partial charge in [-0.1, -0.05) is 43.0 Å². The molecule has 1 aromatic rings. The first-order valence-corrected chi connectivity index (χ1v) is 7.33. The van der Waals surface area contributed by atoms with Crippen LogP contribution in [0.1, 0.15) is 32.1 Å². The first-order valence-electron chi connectivity index (χ1n) is 6.55. The quantitative estimate of drug-likeness (QED) is 0.812. The van der Waals surface area contributed by atoms with Crippen molar-refractivity contribution in [3.8, 4) is 0 Å². The molecule has 1 aromatic carbocycles. The number of benzene rings is 1. The Morgan fingerprint density at radius 2 is 1.94 bits per heavy atom. The lowest BCUT2D eigenvalue weighted by molar-refractivity contribution is 0.357. The van der Waals surface area contributed by atoms with Gasteiger partial charge in [0.1, 0.15) is 0 Å². The fraction of sp³-hybridized carbons (Fsp3) is 0.500. The van der Waals surface area contributed by atoms with Crippen LogP contribution in [0.3, 0.4) is 0 Å². The lowest BCUT2D eigenvalue weighted by atomic mass is 9.89. The van der Waals surface area contributed by atoms with Crippen LogP contribution in [-0.2, 0) is 0 Å². The zero-order valence-electron chi connectivity index (χ0n) is 10.4. The molecule has 0 aromatic heterocycles. The Balaban J connectivity index is 1.76. The standard InChI is InChI=1S/C14H19ClN2S/c15-12-8-4-5-9-13(12)17-14(18)16-10-11-6-2-1-3-7-11/h4-5,8-9,11H,1-3,6-7,10H2,(H2,16,17,18). The molecular weight excluding hydrogens is 264 g/mol. The number of anilines is 1. The molecule has 0 atom stereocenters. The summed E-state index contributed by atoms with van der Waals surface area (Å²) in [6.45, 7) is 0.969. The van der Waals surface area contributed by atoms with E-state index in [-0.39, 0.29) is 0 Å².